The van der Waals surface area contributed by atoms with Gasteiger partial charge in [0.25, 0.3) is 11.8 Å². The van der Waals surface area contributed by atoms with Gasteiger partial charge in [-0.15, -0.1) is 10.2 Å². The third-order valence-corrected chi connectivity index (χ3v) is 5.90. The Morgan fingerprint density at radius 2 is 1.76 bits per heavy atom. The maximum atomic E-state index is 13.1. The number of nitrogens with one attached hydrogen (secondary N) is 1. The van der Waals surface area contributed by atoms with Crippen LogP contribution < -0.4 is 5.32 Å². The summed E-state index contributed by atoms with van der Waals surface area (Å²) in [5.74, 6) is -1.13. The Bertz CT molecular complexity index is 1210. The largest absolute Gasteiger partial charge is 0.417 e. The number of thioether (sulfide) groups is 1. The van der Waals surface area contributed by atoms with Gasteiger partial charge in [0, 0.05) is 6.20 Å². The number of carbonyl (C=O) groups excluding carboxylic acids is 3. The maximum absolute atomic E-state index is 13.1. The zero-order chi connectivity index (χ0) is 23.8. The average molecular weight is 477 g/mol. The quantitative estimate of drug-likeness (QED) is 0.526. The highest BCUT2D eigenvalue weighted by Crippen LogP contribution is 2.29. The number of aromatic nitrogens is 3. The summed E-state index contributed by atoms with van der Waals surface area (Å²) in [7, 11) is 0. The molecule has 0 radical (unpaired) electrons. The van der Waals surface area contributed by atoms with Gasteiger partial charge in [-0.2, -0.15) is 24.9 Å². The number of rotatable bonds is 7. The minimum absolute atomic E-state index is 0.0791. The lowest BCUT2D eigenvalue weighted by molar-refractivity contribution is -0.137. The van der Waals surface area contributed by atoms with Gasteiger partial charge in [0.15, 0.2) is 11.5 Å². The first kappa shape index (κ1) is 22.8. The van der Waals surface area contributed by atoms with Gasteiger partial charge in [-0.1, -0.05) is 12.1 Å². The number of halogens is 3. The molecule has 8 nitrogen and oxygen atoms in total. The second-order valence-corrected chi connectivity index (χ2v) is 8.29. The molecule has 0 aliphatic carbocycles. The lowest BCUT2D eigenvalue weighted by atomic mass is 10.1. The predicted molar refractivity (Wildman–Crippen MR) is 114 cm³/mol. The molecule has 3 heterocycles. The number of alkyl halides is 3. The topological polar surface area (TPSA) is 96.7 Å². The first-order chi connectivity index (χ1) is 15.7. The number of fused-ring (bicyclic) bond motifs is 2. The molecule has 3 amide bonds. The zero-order valence-electron chi connectivity index (χ0n) is 17.3. The average Bonchev–Trinajstić information content (AvgIpc) is 3.31. The van der Waals surface area contributed by atoms with Crippen molar-refractivity contribution in [3.63, 3.8) is 0 Å². The highest BCUT2D eigenvalue weighted by molar-refractivity contribution is 7.98. The first-order valence-electron chi connectivity index (χ1n) is 9.87. The van der Waals surface area contributed by atoms with Crippen molar-refractivity contribution in [2.24, 2.45) is 0 Å². The van der Waals surface area contributed by atoms with Crippen molar-refractivity contribution in [1.82, 2.24) is 24.8 Å². The third kappa shape index (κ3) is 4.30. The van der Waals surface area contributed by atoms with Gasteiger partial charge in [0.05, 0.1) is 23.2 Å². The van der Waals surface area contributed by atoms with Crippen LogP contribution in [0.2, 0.25) is 0 Å². The smallest absolute Gasteiger partial charge is 0.347 e. The van der Waals surface area contributed by atoms with E-state index < -0.39 is 35.5 Å². The highest BCUT2D eigenvalue weighted by atomic mass is 32.2. The van der Waals surface area contributed by atoms with Crippen molar-refractivity contribution in [3.8, 4) is 0 Å². The number of hydrogen-bond donors (Lipinski definition) is 1. The van der Waals surface area contributed by atoms with Gasteiger partial charge >= 0.3 is 6.18 Å². The second kappa shape index (κ2) is 8.85. The minimum Gasteiger partial charge on any atom is -0.347 e. The summed E-state index contributed by atoms with van der Waals surface area (Å²) >= 11 is 1.45. The molecule has 0 saturated heterocycles. The molecule has 12 heteroatoms. The number of carbonyl (C=O) groups is 3. The Balaban J connectivity index is 1.56. The molecule has 0 spiro atoms. The van der Waals surface area contributed by atoms with Gasteiger partial charge in [-0.05, 0) is 42.7 Å². The standard InChI is InChI=1S/C21H18F3N5O3S/c1-33-9-8-15(29-19(31)13-4-2-3-5-14(13)20(29)32)18(30)25-10-17-27-26-16-7-6-12(11-28(16)17)21(22,23)24/h2-7,11,15H,8-10H2,1H3,(H,25,30). The number of amides is 3. The fourth-order valence-electron chi connectivity index (χ4n) is 3.61. The van der Waals surface area contributed by atoms with E-state index in [1.807, 2.05) is 6.26 Å². The molecular weight excluding hydrogens is 459 g/mol. The Kier molecular flexibility index (Phi) is 6.11. The molecule has 0 bridgehead atoms. The first-order valence-corrected chi connectivity index (χ1v) is 11.3. The van der Waals surface area contributed by atoms with Crippen LogP contribution in [0.1, 0.15) is 38.5 Å². The van der Waals surface area contributed by atoms with Gasteiger partial charge in [0.1, 0.15) is 6.04 Å². The van der Waals surface area contributed by atoms with Gasteiger partial charge in [0.2, 0.25) is 5.91 Å². The predicted octanol–water partition coefficient (Wildman–Crippen LogP) is 2.78. The molecular formula is C21H18F3N5O3S. The monoisotopic (exact) mass is 477 g/mol. The zero-order valence-corrected chi connectivity index (χ0v) is 18.1. The number of nitrogens with zero attached hydrogens (tertiary/aromatic N) is 4. The number of hydrogen-bond acceptors (Lipinski definition) is 6. The van der Waals surface area contributed by atoms with Gasteiger partial charge < -0.3 is 5.32 Å². The van der Waals surface area contributed by atoms with Crippen LogP contribution in [0.15, 0.2) is 42.6 Å². The number of benzene rings is 1. The molecule has 0 fully saturated rings. The lowest BCUT2D eigenvalue weighted by Crippen LogP contribution is -2.49. The van der Waals surface area contributed by atoms with E-state index in [2.05, 4.69) is 15.5 Å². The Morgan fingerprint density at radius 3 is 2.36 bits per heavy atom. The van der Waals surface area contributed by atoms with Crippen molar-refractivity contribution < 1.29 is 27.6 Å². The van der Waals surface area contributed by atoms with Crippen LogP contribution in [0.3, 0.4) is 0 Å². The van der Waals surface area contributed by atoms with Crippen LogP contribution in [0.4, 0.5) is 13.2 Å². The molecule has 4 rings (SSSR count). The van der Waals surface area contributed by atoms with Crippen molar-refractivity contribution in [2.75, 3.05) is 12.0 Å². The summed E-state index contributed by atoms with van der Waals surface area (Å²) in [6.07, 6.45) is -1.64. The fraction of sp³-hybridized carbons (Fsp3) is 0.286. The molecule has 172 valence electrons. The molecule has 1 aliphatic heterocycles. The molecule has 1 aliphatic rings. The summed E-state index contributed by atoms with van der Waals surface area (Å²) in [4.78, 5) is 39.7. The van der Waals surface area contributed by atoms with E-state index in [0.717, 1.165) is 21.6 Å². The summed E-state index contributed by atoms with van der Waals surface area (Å²) in [6, 6.07) is 7.33. The van der Waals surface area contributed by atoms with Crippen LogP contribution in [-0.2, 0) is 17.5 Å². The highest BCUT2D eigenvalue weighted by Gasteiger charge is 2.42. The summed E-state index contributed by atoms with van der Waals surface area (Å²) in [5, 5.41) is 10.3. The Labute approximate surface area is 190 Å². The fourth-order valence-corrected chi connectivity index (χ4v) is 4.07. The van der Waals surface area contributed by atoms with Crippen LogP contribution in [0, 0.1) is 0 Å². The lowest BCUT2D eigenvalue weighted by Gasteiger charge is -2.25. The summed E-state index contributed by atoms with van der Waals surface area (Å²) < 4.78 is 40.3. The summed E-state index contributed by atoms with van der Waals surface area (Å²) in [6.45, 7) is -0.236. The van der Waals surface area contributed by atoms with E-state index in [1.54, 1.807) is 12.1 Å². The van der Waals surface area contributed by atoms with Crippen LogP contribution in [0.5, 0.6) is 0 Å². The second-order valence-electron chi connectivity index (χ2n) is 7.30. The van der Waals surface area contributed by atoms with Crippen molar-refractivity contribution in [2.45, 2.75) is 25.2 Å². The molecule has 1 aromatic carbocycles. The number of pyridine rings is 1. The van der Waals surface area contributed by atoms with Crippen LogP contribution >= 0.6 is 11.8 Å². The molecule has 1 unspecified atom stereocenters. The summed E-state index contributed by atoms with van der Waals surface area (Å²) in [5.41, 5.74) is -0.238. The van der Waals surface area contributed by atoms with Crippen molar-refractivity contribution in [1.29, 1.82) is 0 Å². The van der Waals surface area contributed by atoms with Crippen LogP contribution in [0.25, 0.3) is 5.65 Å². The molecule has 1 atom stereocenters. The molecule has 2 aromatic heterocycles. The van der Waals surface area contributed by atoms with Gasteiger partial charge in [-0.25, -0.2) is 0 Å². The normalized spacial score (nSPS) is 14.6. The maximum Gasteiger partial charge on any atom is 0.417 e. The third-order valence-electron chi connectivity index (χ3n) is 5.26. The molecule has 33 heavy (non-hydrogen) atoms. The van der Waals surface area contributed by atoms with Gasteiger partial charge in [-0.3, -0.25) is 23.7 Å². The molecule has 3 aromatic rings. The minimum atomic E-state index is -4.55. The van der Waals surface area contributed by atoms with E-state index in [4.69, 9.17) is 0 Å². The molecule has 1 N–H and O–H groups in total. The van der Waals surface area contributed by atoms with E-state index in [1.165, 1.54) is 30.0 Å². The van der Waals surface area contributed by atoms with Crippen molar-refractivity contribution >= 4 is 35.1 Å². The Hall–Kier alpha value is -3.41. The van der Waals surface area contributed by atoms with E-state index in [9.17, 15) is 27.6 Å². The molecule has 0 saturated carbocycles. The SMILES string of the molecule is CSCCC(C(=O)NCc1nnc2ccc(C(F)(F)F)cn12)N1C(=O)c2ccccc2C1=O. The van der Waals surface area contributed by atoms with E-state index in [0.29, 0.717) is 5.75 Å². The van der Waals surface area contributed by atoms with Crippen molar-refractivity contribution in [3.05, 3.63) is 65.1 Å². The van der Waals surface area contributed by atoms with E-state index in [-0.39, 0.29) is 35.6 Å². The van der Waals surface area contributed by atoms with E-state index >= 15 is 0 Å². The van der Waals surface area contributed by atoms with Crippen LogP contribution in [-0.4, -0.2) is 55.3 Å². The Morgan fingerprint density at radius 1 is 1.09 bits per heavy atom. The number of imide groups is 1.